The Morgan fingerprint density at radius 3 is 0.941 bits per heavy atom. The van der Waals surface area contributed by atoms with Gasteiger partial charge in [0.25, 0.3) is 0 Å². The maximum atomic E-state index is 9.60. The van der Waals surface area contributed by atoms with Crippen molar-refractivity contribution in [2.45, 2.75) is 39.5 Å². The van der Waals surface area contributed by atoms with Crippen molar-refractivity contribution in [3.05, 3.63) is 0 Å². The molecule has 0 aliphatic heterocycles. The molecule has 2 N–H and O–H groups in total. The average molecular weight is 369 g/mol. The zero-order chi connectivity index (χ0) is 9.98. The smallest absolute Gasteiger partial charge is 0.303 e. The Balaban J connectivity index is -0.0000000182. The second kappa shape index (κ2) is 36.0. The summed E-state index contributed by atoms with van der Waals surface area (Å²) in [4.78, 5) is 19.2. The van der Waals surface area contributed by atoms with E-state index in [0.29, 0.717) is 12.8 Å². The van der Waals surface area contributed by atoms with Crippen LogP contribution in [0.3, 0.4) is 0 Å². The fourth-order valence-corrected chi connectivity index (χ4v) is 0.428. The van der Waals surface area contributed by atoms with Gasteiger partial charge >= 0.3 is 11.9 Å². The van der Waals surface area contributed by atoms with Crippen LogP contribution in [0.5, 0.6) is 0 Å². The summed E-state index contributed by atoms with van der Waals surface area (Å²) in [7, 11) is 0. The van der Waals surface area contributed by atoms with E-state index in [1.54, 1.807) is 0 Å². The number of hydrogen-bond acceptors (Lipinski definition) is 2. The summed E-state index contributed by atoms with van der Waals surface area (Å²) in [6, 6.07) is 0. The van der Waals surface area contributed by atoms with E-state index in [1.807, 2.05) is 13.8 Å². The normalized spacial score (nSPS) is 5.76. The summed E-state index contributed by atoms with van der Waals surface area (Å²) in [6.45, 7) is 3.68. The average Bonchev–Trinajstić information content (AvgIpc) is 1.87. The van der Waals surface area contributed by atoms with Gasteiger partial charge in [-0.1, -0.05) is 13.8 Å². The van der Waals surface area contributed by atoms with Gasteiger partial charge in [0.15, 0.2) is 0 Å². The quantitative estimate of drug-likeness (QED) is 0.695. The number of carbonyl (C=O) groups is 2. The molecule has 0 amide bonds. The van der Waals surface area contributed by atoms with Crippen LogP contribution in [0.25, 0.3) is 0 Å². The molecule has 0 saturated heterocycles. The third-order valence-corrected chi connectivity index (χ3v) is 0.928. The molecule has 8 radical (unpaired) electrons. The number of carboxylic acids is 2. The number of aliphatic carboxylic acids is 2. The van der Waals surface area contributed by atoms with E-state index >= 15 is 0 Å². The second-order valence-electron chi connectivity index (χ2n) is 2.29. The van der Waals surface area contributed by atoms with Crippen LogP contribution in [0.15, 0.2) is 0 Å². The topological polar surface area (TPSA) is 160 Å². The van der Waals surface area contributed by atoms with Crippen molar-refractivity contribution < 1.29 is 36.2 Å². The maximum Gasteiger partial charge on any atom is 0.303 e. The van der Waals surface area contributed by atoms with Gasteiger partial charge in [0.2, 0.25) is 0 Å². The Bertz CT molecular complexity index is 128. The fourth-order valence-electron chi connectivity index (χ4n) is 0.428. The molecule has 0 bridgehead atoms. The maximum absolute atomic E-state index is 9.60. The first-order valence-electron chi connectivity index (χ1n) is 3.98. The van der Waals surface area contributed by atoms with Gasteiger partial charge in [-0.25, -0.2) is 0 Å². The van der Waals surface area contributed by atoms with Crippen LogP contribution in [-0.2, 0) is 26.0 Å². The van der Waals surface area contributed by atoms with Crippen LogP contribution in [0.2, 0.25) is 0 Å². The van der Waals surface area contributed by atoms with Crippen molar-refractivity contribution in [2.75, 3.05) is 0 Å². The van der Waals surface area contributed by atoms with E-state index in [0.717, 1.165) is 12.8 Å². The van der Waals surface area contributed by atoms with Gasteiger partial charge in [0.1, 0.15) is 0 Å². The van der Waals surface area contributed by atoms with Crippen LogP contribution in [-0.4, -0.2) is 57.3 Å². The zero-order valence-corrected chi connectivity index (χ0v) is 14.0. The molecule has 0 aromatic carbocycles. The zero-order valence-electron chi connectivity index (χ0n) is 9.76. The first-order valence-corrected chi connectivity index (χ1v) is 3.98. The van der Waals surface area contributed by atoms with E-state index < -0.39 is 11.9 Å². The van der Waals surface area contributed by atoms with Gasteiger partial charge in [-0.05, 0) is 12.8 Å². The Morgan fingerprint density at radius 2 is 0.941 bits per heavy atom. The van der Waals surface area contributed by atoms with Crippen LogP contribution in [0, 0.1) is 0 Å². The predicted octanol–water partition coefficient (Wildman–Crippen LogP) is 0.624. The SMILES string of the molecule is CCCC(=O)O.CCCC(=O)O.[Ge].[Ge].[O-2].[O-2].[O-2]. The number of rotatable bonds is 4. The standard InChI is InChI=1S/2C4H8O2.2Ge.3O/c2*1-2-3-4(5)6;;;;;/h2*2-3H2,1H3,(H,5,6);;;;;/q;;;;3*-2. The second-order valence-corrected chi connectivity index (χ2v) is 2.29. The molecule has 0 rings (SSSR count). The molecular weight excluding hydrogens is 353 g/mol. The summed E-state index contributed by atoms with van der Waals surface area (Å²) in [6.07, 6.45) is 2.05. The van der Waals surface area contributed by atoms with E-state index in [4.69, 9.17) is 10.2 Å². The molecule has 104 valence electrons. The molecule has 0 fully saturated rings. The van der Waals surface area contributed by atoms with Crippen LogP contribution >= 0.6 is 0 Å². The van der Waals surface area contributed by atoms with Gasteiger partial charge in [0, 0.05) is 48.0 Å². The summed E-state index contributed by atoms with van der Waals surface area (Å²) < 4.78 is 0. The summed E-state index contributed by atoms with van der Waals surface area (Å²) in [5.41, 5.74) is 0. The Morgan fingerprint density at radius 1 is 0.765 bits per heavy atom. The molecule has 0 aromatic rings. The largest absolute Gasteiger partial charge is 2.00 e. The van der Waals surface area contributed by atoms with Gasteiger partial charge in [-0.2, -0.15) is 0 Å². The fraction of sp³-hybridized carbons (Fsp3) is 0.750. The van der Waals surface area contributed by atoms with E-state index in [1.165, 1.54) is 0 Å². The van der Waals surface area contributed by atoms with Crippen molar-refractivity contribution in [1.29, 1.82) is 0 Å². The van der Waals surface area contributed by atoms with Gasteiger partial charge in [0.05, 0.1) is 0 Å². The van der Waals surface area contributed by atoms with Crippen LogP contribution < -0.4 is 0 Å². The van der Waals surface area contributed by atoms with E-state index in [9.17, 15) is 9.59 Å². The minimum atomic E-state index is -0.711. The van der Waals surface area contributed by atoms with Gasteiger partial charge < -0.3 is 26.6 Å². The molecule has 7 nitrogen and oxygen atoms in total. The molecule has 0 aromatic heterocycles. The van der Waals surface area contributed by atoms with Crippen molar-refractivity contribution in [1.82, 2.24) is 0 Å². The van der Waals surface area contributed by atoms with Crippen molar-refractivity contribution in [3.8, 4) is 0 Å². The molecule has 0 aliphatic carbocycles. The Hall–Kier alpha value is -0.0943. The first kappa shape index (κ1) is 43.6. The molecule has 9 heteroatoms. The molecule has 0 saturated carbocycles. The number of hydrogen-bond donors (Lipinski definition) is 2. The van der Waals surface area contributed by atoms with Gasteiger partial charge in [-0.15, -0.1) is 0 Å². The minimum absolute atomic E-state index is 0. The monoisotopic (exact) mass is 372 g/mol. The third kappa shape index (κ3) is 88.2. The summed E-state index contributed by atoms with van der Waals surface area (Å²) >= 11 is 0. The molecule has 0 unspecified atom stereocenters. The summed E-state index contributed by atoms with van der Waals surface area (Å²) in [5, 5.41) is 15.8. The predicted molar refractivity (Wildman–Crippen MR) is 58.7 cm³/mol. The van der Waals surface area contributed by atoms with Crippen molar-refractivity contribution >= 4 is 47.1 Å². The molecule has 0 aliphatic rings. The van der Waals surface area contributed by atoms with Crippen LogP contribution in [0.1, 0.15) is 39.5 Å². The minimum Gasteiger partial charge on any atom is -2.00 e. The van der Waals surface area contributed by atoms with Crippen molar-refractivity contribution in [2.24, 2.45) is 0 Å². The molecular formula is C8H16Ge2O7-6. The van der Waals surface area contributed by atoms with E-state index in [-0.39, 0.29) is 51.6 Å². The molecule has 17 heavy (non-hydrogen) atoms. The van der Waals surface area contributed by atoms with Gasteiger partial charge in [-0.3, -0.25) is 9.59 Å². The number of carboxylic acid groups (broad SMARTS) is 2. The third-order valence-electron chi connectivity index (χ3n) is 0.928. The van der Waals surface area contributed by atoms with Crippen molar-refractivity contribution in [3.63, 3.8) is 0 Å². The molecule has 0 heterocycles. The molecule has 0 spiro atoms. The van der Waals surface area contributed by atoms with Crippen LogP contribution in [0.4, 0.5) is 0 Å². The first-order chi connectivity index (χ1) is 5.54. The Labute approximate surface area is 123 Å². The Kier molecular flexibility index (Phi) is 92.3. The summed E-state index contributed by atoms with van der Waals surface area (Å²) in [5.74, 6) is -1.42. The van der Waals surface area contributed by atoms with E-state index in [2.05, 4.69) is 0 Å². The molecule has 0 atom stereocenters.